The smallest absolute Gasteiger partial charge is 0.0846 e. The van der Waals surface area contributed by atoms with Crippen molar-refractivity contribution in [1.82, 2.24) is 4.90 Å². The van der Waals surface area contributed by atoms with Gasteiger partial charge in [0.1, 0.15) is 0 Å². The van der Waals surface area contributed by atoms with E-state index in [9.17, 15) is 0 Å². The van der Waals surface area contributed by atoms with Crippen molar-refractivity contribution in [2.24, 2.45) is 10.9 Å². The van der Waals surface area contributed by atoms with E-state index in [1.165, 1.54) is 19.5 Å². The first kappa shape index (κ1) is 6.59. The number of nitrogens with zero attached hydrogens (tertiary/aromatic N) is 2. The predicted molar refractivity (Wildman–Crippen MR) is 39.8 cm³/mol. The highest BCUT2D eigenvalue weighted by atomic mass is 15.2. The van der Waals surface area contributed by atoms with Crippen LogP contribution in [0.5, 0.6) is 0 Å². The van der Waals surface area contributed by atoms with Gasteiger partial charge in [-0.3, -0.25) is 4.99 Å². The average molecular weight is 126 g/mol. The summed E-state index contributed by atoms with van der Waals surface area (Å²) in [6.07, 6.45) is 3.26. The Kier molecular flexibility index (Phi) is 2.09. The van der Waals surface area contributed by atoms with Gasteiger partial charge in [0.2, 0.25) is 0 Å². The van der Waals surface area contributed by atoms with Crippen LogP contribution in [-0.2, 0) is 0 Å². The zero-order chi connectivity index (χ0) is 6.69. The molecule has 2 nitrogen and oxygen atoms in total. The van der Waals surface area contributed by atoms with E-state index in [1.54, 1.807) is 0 Å². The van der Waals surface area contributed by atoms with Gasteiger partial charge in [0.15, 0.2) is 0 Å². The topological polar surface area (TPSA) is 15.6 Å². The quantitative estimate of drug-likeness (QED) is 0.378. The lowest BCUT2D eigenvalue weighted by molar-refractivity contribution is 0.507. The van der Waals surface area contributed by atoms with E-state index in [2.05, 4.69) is 16.8 Å². The summed E-state index contributed by atoms with van der Waals surface area (Å²) in [5, 5.41) is 0. The molecule has 1 aliphatic rings. The zero-order valence-electron chi connectivity index (χ0n) is 6.17. The van der Waals surface area contributed by atoms with Crippen LogP contribution < -0.4 is 0 Å². The molecule has 1 saturated heterocycles. The van der Waals surface area contributed by atoms with Crippen molar-refractivity contribution >= 4 is 6.34 Å². The lowest BCUT2D eigenvalue weighted by atomic mass is 10.2. The van der Waals surface area contributed by atoms with Crippen LogP contribution in [0.15, 0.2) is 4.99 Å². The number of hydrogen-bond donors (Lipinski definition) is 0. The lowest BCUT2D eigenvalue weighted by Gasteiger charge is -2.08. The molecule has 0 radical (unpaired) electrons. The van der Waals surface area contributed by atoms with Crippen molar-refractivity contribution in [1.29, 1.82) is 0 Å². The minimum atomic E-state index is 0.864. The predicted octanol–water partition coefficient (Wildman–Crippen LogP) is 0.986. The molecule has 1 rings (SSSR count). The second-order valence-corrected chi connectivity index (χ2v) is 2.76. The van der Waals surface area contributed by atoms with Gasteiger partial charge in [-0.1, -0.05) is 6.92 Å². The molecule has 1 atom stereocenters. The van der Waals surface area contributed by atoms with Crippen LogP contribution in [0.1, 0.15) is 13.3 Å². The molecule has 9 heavy (non-hydrogen) atoms. The highest BCUT2D eigenvalue weighted by Gasteiger charge is 2.14. The molecule has 0 N–H and O–H groups in total. The summed E-state index contributed by atoms with van der Waals surface area (Å²) >= 11 is 0. The Morgan fingerprint density at radius 3 is 2.89 bits per heavy atom. The minimum Gasteiger partial charge on any atom is -0.363 e. The third-order valence-corrected chi connectivity index (χ3v) is 1.73. The monoisotopic (exact) mass is 126 g/mol. The Labute approximate surface area is 56.6 Å². The molecule has 1 fully saturated rings. The number of likely N-dealkylation sites (tertiary alicyclic amines) is 1. The fraction of sp³-hybridized carbons (Fsp3) is 0.857. The van der Waals surface area contributed by atoms with Crippen LogP contribution in [0.2, 0.25) is 0 Å². The van der Waals surface area contributed by atoms with Crippen molar-refractivity contribution in [2.75, 3.05) is 20.1 Å². The van der Waals surface area contributed by atoms with E-state index in [1.807, 2.05) is 13.4 Å². The molecular weight excluding hydrogens is 112 g/mol. The molecule has 0 aromatic carbocycles. The molecule has 1 aliphatic heterocycles. The molecule has 0 aromatic heterocycles. The van der Waals surface area contributed by atoms with Crippen molar-refractivity contribution in [3.05, 3.63) is 0 Å². The summed E-state index contributed by atoms with van der Waals surface area (Å²) in [6, 6.07) is 0. The SMILES string of the molecule is C/N=C/N1CCC(C)C1. The van der Waals surface area contributed by atoms with E-state index in [4.69, 9.17) is 0 Å². The highest BCUT2D eigenvalue weighted by Crippen LogP contribution is 2.12. The molecule has 2 heteroatoms. The van der Waals surface area contributed by atoms with Gasteiger partial charge in [0.25, 0.3) is 0 Å². The first-order valence-corrected chi connectivity index (χ1v) is 3.49. The van der Waals surface area contributed by atoms with Crippen LogP contribution in [0.4, 0.5) is 0 Å². The Bertz CT molecular complexity index is 109. The number of rotatable bonds is 1. The average Bonchev–Trinajstić information content (AvgIpc) is 2.17. The third kappa shape index (κ3) is 1.70. The second kappa shape index (κ2) is 2.85. The minimum absolute atomic E-state index is 0.864. The molecule has 0 aromatic rings. The fourth-order valence-corrected chi connectivity index (χ4v) is 1.24. The van der Waals surface area contributed by atoms with E-state index in [0.29, 0.717) is 0 Å². The molecule has 0 bridgehead atoms. The van der Waals surface area contributed by atoms with Crippen LogP contribution in [0.3, 0.4) is 0 Å². The lowest BCUT2D eigenvalue weighted by Crippen LogP contribution is -2.17. The van der Waals surface area contributed by atoms with Crippen LogP contribution in [0.25, 0.3) is 0 Å². The summed E-state index contributed by atoms with van der Waals surface area (Å²) in [7, 11) is 1.82. The Balaban J connectivity index is 2.30. The molecule has 0 spiro atoms. The maximum absolute atomic E-state index is 3.95. The van der Waals surface area contributed by atoms with Crippen molar-refractivity contribution < 1.29 is 0 Å². The Morgan fingerprint density at radius 2 is 2.44 bits per heavy atom. The molecule has 0 aliphatic carbocycles. The second-order valence-electron chi connectivity index (χ2n) is 2.76. The molecule has 1 heterocycles. The fourth-order valence-electron chi connectivity index (χ4n) is 1.24. The van der Waals surface area contributed by atoms with Crippen LogP contribution in [0, 0.1) is 5.92 Å². The normalized spacial score (nSPS) is 28.2. The summed E-state index contributed by atoms with van der Waals surface area (Å²) in [5.41, 5.74) is 0. The largest absolute Gasteiger partial charge is 0.363 e. The Hall–Kier alpha value is -0.530. The van der Waals surface area contributed by atoms with Gasteiger partial charge in [0.05, 0.1) is 6.34 Å². The summed E-state index contributed by atoms with van der Waals surface area (Å²) < 4.78 is 0. The van der Waals surface area contributed by atoms with Crippen LogP contribution in [-0.4, -0.2) is 31.4 Å². The van der Waals surface area contributed by atoms with E-state index >= 15 is 0 Å². The zero-order valence-corrected chi connectivity index (χ0v) is 6.17. The molecule has 52 valence electrons. The van der Waals surface area contributed by atoms with Crippen molar-refractivity contribution in [3.63, 3.8) is 0 Å². The van der Waals surface area contributed by atoms with Gasteiger partial charge in [0, 0.05) is 20.1 Å². The summed E-state index contributed by atoms with van der Waals surface area (Å²) in [6.45, 7) is 4.67. The first-order chi connectivity index (χ1) is 4.33. The molecule has 0 amide bonds. The molecule has 1 unspecified atom stereocenters. The van der Waals surface area contributed by atoms with Gasteiger partial charge in [-0.2, -0.15) is 0 Å². The standard InChI is InChI=1S/C7H14N2/c1-7-3-4-9(5-7)6-8-2/h6-7H,3-5H2,1-2H3/b8-6+. The summed E-state index contributed by atoms with van der Waals surface area (Å²) in [4.78, 5) is 6.22. The summed E-state index contributed by atoms with van der Waals surface area (Å²) in [5.74, 6) is 0.864. The van der Waals surface area contributed by atoms with Gasteiger partial charge in [-0.15, -0.1) is 0 Å². The number of aliphatic imine (C=N–C) groups is 1. The third-order valence-electron chi connectivity index (χ3n) is 1.73. The highest BCUT2D eigenvalue weighted by molar-refractivity contribution is 5.54. The van der Waals surface area contributed by atoms with Gasteiger partial charge in [-0.25, -0.2) is 0 Å². The number of hydrogen-bond acceptors (Lipinski definition) is 1. The van der Waals surface area contributed by atoms with Crippen molar-refractivity contribution in [3.8, 4) is 0 Å². The first-order valence-electron chi connectivity index (χ1n) is 3.49. The van der Waals surface area contributed by atoms with E-state index in [0.717, 1.165) is 5.92 Å². The van der Waals surface area contributed by atoms with Gasteiger partial charge >= 0.3 is 0 Å². The Morgan fingerprint density at radius 1 is 1.67 bits per heavy atom. The van der Waals surface area contributed by atoms with Gasteiger partial charge < -0.3 is 4.90 Å². The van der Waals surface area contributed by atoms with E-state index < -0.39 is 0 Å². The van der Waals surface area contributed by atoms with Crippen LogP contribution >= 0.6 is 0 Å². The molecular formula is C7H14N2. The van der Waals surface area contributed by atoms with Gasteiger partial charge in [-0.05, 0) is 12.3 Å². The van der Waals surface area contributed by atoms with Crippen molar-refractivity contribution in [2.45, 2.75) is 13.3 Å². The maximum atomic E-state index is 3.95. The maximum Gasteiger partial charge on any atom is 0.0846 e. The van der Waals surface area contributed by atoms with E-state index in [-0.39, 0.29) is 0 Å². The molecule has 0 saturated carbocycles.